The summed E-state index contributed by atoms with van der Waals surface area (Å²) < 4.78 is 53.7. The maximum atomic E-state index is 12.8. The number of rotatable bonds is 6. The maximum Gasteiger partial charge on any atom is 0.252 e. The van der Waals surface area contributed by atoms with Crippen molar-refractivity contribution in [3.8, 4) is 0 Å². The van der Waals surface area contributed by atoms with E-state index in [1.165, 1.54) is 19.9 Å². The van der Waals surface area contributed by atoms with Crippen LogP contribution in [0.15, 0.2) is 50.9 Å². The first kappa shape index (κ1) is 19.5. The van der Waals surface area contributed by atoms with Gasteiger partial charge in [-0.2, -0.15) is 8.61 Å². The minimum Gasteiger partial charge on any atom is -0.207 e. The summed E-state index contributed by atoms with van der Waals surface area (Å²) in [5.41, 5.74) is 1.11. The van der Waals surface area contributed by atoms with Gasteiger partial charge < -0.3 is 0 Å². The molecule has 6 nitrogen and oxygen atoms in total. The molecule has 0 radical (unpaired) electrons. The van der Waals surface area contributed by atoms with E-state index >= 15 is 0 Å². The van der Waals surface area contributed by atoms with Crippen LogP contribution in [0, 0.1) is 0 Å². The molecule has 9 heteroatoms. The summed E-state index contributed by atoms with van der Waals surface area (Å²) in [6.07, 6.45) is 1.92. The van der Waals surface area contributed by atoms with Crippen molar-refractivity contribution in [2.24, 2.45) is 0 Å². The maximum absolute atomic E-state index is 12.8. The van der Waals surface area contributed by atoms with Crippen LogP contribution in [0.5, 0.6) is 0 Å². The first-order valence-corrected chi connectivity index (χ1v) is 12.2. The molecule has 2 heterocycles. The SMILES string of the molecule is CCCc1ccc(S(=O)(=O)N2CCN(S(=O)(=O)c3cccs3)CC2)cc1. The number of thiophene rings is 1. The molecule has 0 saturated carbocycles. The van der Waals surface area contributed by atoms with Gasteiger partial charge in [0.05, 0.1) is 4.90 Å². The third kappa shape index (κ3) is 3.86. The first-order chi connectivity index (χ1) is 12.4. The lowest BCUT2D eigenvalue weighted by Gasteiger charge is -2.33. The van der Waals surface area contributed by atoms with E-state index in [1.807, 2.05) is 12.1 Å². The second-order valence-electron chi connectivity index (χ2n) is 6.13. The quantitative estimate of drug-likeness (QED) is 0.727. The van der Waals surface area contributed by atoms with Crippen LogP contribution >= 0.6 is 11.3 Å². The molecule has 1 aliphatic heterocycles. The Morgan fingerprint density at radius 1 is 0.885 bits per heavy atom. The number of benzene rings is 1. The fourth-order valence-corrected chi connectivity index (χ4v) is 6.94. The van der Waals surface area contributed by atoms with Crippen LogP contribution in [-0.4, -0.2) is 51.6 Å². The van der Waals surface area contributed by atoms with Crippen molar-refractivity contribution in [2.75, 3.05) is 26.2 Å². The molecule has 0 unspecified atom stereocenters. The molecule has 1 aromatic heterocycles. The average molecular weight is 415 g/mol. The number of nitrogens with zero attached hydrogens (tertiary/aromatic N) is 2. The molecule has 0 spiro atoms. The van der Waals surface area contributed by atoms with Crippen molar-refractivity contribution >= 4 is 31.4 Å². The summed E-state index contributed by atoms with van der Waals surface area (Å²) in [6, 6.07) is 10.2. The smallest absolute Gasteiger partial charge is 0.207 e. The van der Waals surface area contributed by atoms with Crippen LogP contribution in [0.25, 0.3) is 0 Å². The monoisotopic (exact) mass is 414 g/mol. The van der Waals surface area contributed by atoms with Gasteiger partial charge in [0.1, 0.15) is 4.21 Å². The molecule has 0 aliphatic carbocycles. The summed E-state index contributed by atoms with van der Waals surface area (Å²) in [7, 11) is -7.14. The molecular formula is C17H22N2O4S3. The Kier molecular flexibility index (Phi) is 5.83. The van der Waals surface area contributed by atoms with E-state index in [4.69, 9.17) is 0 Å². The Balaban J connectivity index is 1.71. The van der Waals surface area contributed by atoms with Crippen LogP contribution in [0.4, 0.5) is 0 Å². The molecule has 26 heavy (non-hydrogen) atoms. The van der Waals surface area contributed by atoms with Crippen LogP contribution in [0.1, 0.15) is 18.9 Å². The van der Waals surface area contributed by atoms with Gasteiger partial charge in [0.15, 0.2) is 0 Å². The number of piperazine rings is 1. The molecule has 142 valence electrons. The van der Waals surface area contributed by atoms with E-state index in [0.717, 1.165) is 18.4 Å². The third-order valence-electron chi connectivity index (χ3n) is 4.39. The summed E-state index contributed by atoms with van der Waals surface area (Å²) >= 11 is 1.17. The molecule has 2 aromatic rings. The first-order valence-electron chi connectivity index (χ1n) is 8.48. The van der Waals surface area contributed by atoms with Crippen LogP contribution in [-0.2, 0) is 26.5 Å². The Morgan fingerprint density at radius 2 is 1.46 bits per heavy atom. The van der Waals surface area contributed by atoms with Gasteiger partial charge in [0, 0.05) is 26.2 Å². The van der Waals surface area contributed by atoms with Crippen molar-refractivity contribution in [1.29, 1.82) is 0 Å². The standard InChI is InChI=1S/C17H22N2O4S3/c1-2-4-15-6-8-16(9-7-15)25(20,21)18-10-12-19(13-11-18)26(22,23)17-5-3-14-24-17/h3,5-9,14H,2,4,10-13H2,1H3. The van der Waals surface area contributed by atoms with Gasteiger partial charge in [-0.1, -0.05) is 31.5 Å². The molecular weight excluding hydrogens is 392 g/mol. The average Bonchev–Trinajstić information content (AvgIpc) is 3.18. The number of hydrogen-bond acceptors (Lipinski definition) is 5. The van der Waals surface area contributed by atoms with Gasteiger partial charge in [-0.3, -0.25) is 0 Å². The van der Waals surface area contributed by atoms with Gasteiger partial charge in [-0.15, -0.1) is 11.3 Å². The predicted octanol–water partition coefficient (Wildman–Crippen LogP) is 2.40. The van der Waals surface area contributed by atoms with E-state index in [9.17, 15) is 16.8 Å². The van der Waals surface area contributed by atoms with E-state index in [0.29, 0.717) is 4.21 Å². The van der Waals surface area contributed by atoms with Crippen molar-refractivity contribution in [2.45, 2.75) is 28.9 Å². The van der Waals surface area contributed by atoms with Crippen molar-refractivity contribution in [3.05, 3.63) is 47.3 Å². The van der Waals surface area contributed by atoms with Crippen molar-refractivity contribution in [1.82, 2.24) is 8.61 Å². The molecule has 1 saturated heterocycles. The third-order valence-corrected chi connectivity index (χ3v) is 9.57. The highest BCUT2D eigenvalue weighted by atomic mass is 32.2. The number of sulfonamides is 2. The van der Waals surface area contributed by atoms with Crippen molar-refractivity contribution < 1.29 is 16.8 Å². The zero-order chi connectivity index (χ0) is 18.8. The molecule has 0 bridgehead atoms. The minimum atomic E-state index is -3.60. The highest BCUT2D eigenvalue weighted by Gasteiger charge is 2.34. The van der Waals surface area contributed by atoms with Crippen molar-refractivity contribution in [3.63, 3.8) is 0 Å². The molecule has 0 atom stereocenters. The largest absolute Gasteiger partial charge is 0.252 e. The predicted molar refractivity (Wildman–Crippen MR) is 102 cm³/mol. The Hall–Kier alpha value is -1.26. The minimum absolute atomic E-state index is 0.156. The molecule has 3 rings (SSSR count). The zero-order valence-corrected chi connectivity index (χ0v) is 17.0. The van der Waals surface area contributed by atoms with Gasteiger partial charge in [-0.05, 0) is 35.6 Å². The lowest BCUT2D eigenvalue weighted by molar-refractivity contribution is 0.273. The number of hydrogen-bond donors (Lipinski definition) is 0. The van der Waals surface area contributed by atoms with E-state index in [-0.39, 0.29) is 31.1 Å². The Labute approximate surface area is 159 Å². The second-order valence-corrected chi connectivity index (χ2v) is 11.2. The molecule has 1 fully saturated rings. The molecule has 1 aromatic carbocycles. The topological polar surface area (TPSA) is 74.8 Å². The molecule has 0 amide bonds. The Bertz CT molecular complexity index is 928. The van der Waals surface area contributed by atoms with Gasteiger partial charge in [0.2, 0.25) is 10.0 Å². The highest BCUT2D eigenvalue weighted by Crippen LogP contribution is 2.24. The fraction of sp³-hybridized carbons (Fsp3) is 0.412. The van der Waals surface area contributed by atoms with Gasteiger partial charge in [0.25, 0.3) is 10.0 Å². The van der Waals surface area contributed by atoms with Gasteiger partial charge in [-0.25, -0.2) is 16.8 Å². The Morgan fingerprint density at radius 3 is 1.96 bits per heavy atom. The fourth-order valence-electron chi connectivity index (χ4n) is 2.95. The van der Waals surface area contributed by atoms with Gasteiger partial charge >= 0.3 is 0 Å². The summed E-state index contributed by atoms with van der Waals surface area (Å²) in [4.78, 5) is 0.256. The van der Waals surface area contributed by atoms with Crippen LogP contribution in [0.2, 0.25) is 0 Å². The molecule has 1 aliphatic rings. The van der Waals surface area contributed by atoms with Crippen LogP contribution < -0.4 is 0 Å². The van der Waals surface area contributed by atoms with Crippen LogP contribution in [0.3, 0.4) is 0 Å². The number of aryl methyl sites for hydroxylation is 1. The van der Waals surface area contributed by atoms with E-state index < -0.39 is 20.0 Å². The lowest BCUT2D eigenvalue weighted by Crippen LogP contribution is -2.50. The van der Waals surface area contributed by atoms with E-state index in [1.54, 1.807) is 29.6 Å². The summed E-state index contributed by atoms with van der Waals surface area (Å²) in [6.45, 7) is 2.71. The second kappa shape index (κ2) is 7.77. The zero-order valence-electron chi connectivity index (χ0n) is 14.5. The normalized spacial score (nSPS) is 17.4. The molecule has 0 N–H and O–H groups in total. The van der Waals surface area contributed by atoms with E-state index in [2.05, 4.69) is 6.92 Å². The summed E-state index contributed by atoms with van der Waals surface area (Å²) in [5.74, 6) is 0. The highest BCUT2D eigenvalue weighted by molar-refractivity contribution is 7.91. The lowest BCUT2D eigenvalue weighted by atomic mass is 10.1. The summed E-state index contributed by atoms with van der Waals surface area (Å²) in [5, 5.41) is 1.72.